The average Bonchev–Trinajstić information content (AvgIpc) is 2.61. The zero-order chi connectivity index (χ0) is 23.1. The van der Waals surface area contributed by atoms with E-state index in [1.807, 2.05) is 0 Å². The molecule has 0 aromatic rings. The van der Waals surface area contributed by atoms with Crippen molar-refractivity contribution in [3.05, 3.63) is 0 Å². The van der Waals surface area contributed by atoms with Gasteiger partial charge in [0.2, 0.25) is 5.79 Å². The molecule has 1 fully saturated rings. The van der Waals surface area contributed by atoms with E-state index < -0.39 is 73.3 Å². The monoisotopic (exact) mass is 434 g/mol. The SMILES string of the molecule is CO[C@@]1(COC(C)=O)O[C@@H](COC(C)=O)[C@@H](OC(C)=O)[C@H](OC(C)=O)[C@@H]1OC(C)=O. The van der Waals surface area contributed by atoms with Crippen LogP contribution in [0.5, 0.6) is 0 Å². The molecule has 1 saturated heterocycles. The lowest BCUT2D eigenvalue weighted by atomic mass is 9.91. The molecule has 0 aliphatic carbocycles. The van der Waals surface area contributed by atoms with Crippen LogP contribution in [0.4, 0.5) is 0 Å². The van der Waals surface area contributed by atoms with E-state index in [0.717, 1.165) is 34.6 Å². The second-order valence-electron chi connectivity index (χ2n) is 6.43. The molecule has 0 radical (unpaired) electrons. The van der Waals surface area contributed by atoms with Crippen LogP contribution in [0.15, 0.2) is 0 Å². The summed E-state index contributed by atoms with van der Waals surface area (Å²) in [5.74, 6) is -5.67. The first-order valence-electron chi connectivity index (χ1n) is 8.93. The van der Waals surface area contributed by atoms with E-state index >= 15 is 0 Å². The van der Waals surface area contributed by atoms with Crippen molar-refractivity contribution in [2.75, 3.05) is 20.3 Å². The molecule has 0 bridgehead atoms. The number of methoxy groups -OCH3 is 1. The minimum atomic E-state index is -1.96. The summed E-state index contributed by atoms with van der Waals surface area (Å²) >= 11 is 0. The summed E-state index contributed by atoms with van der Waals surface area (Å²) in [4.78, 5) is 57.8. The van der Waals surface area contributed by atoms with Gasteiger partial charge in [0.25, 0.3) is 0 Å². The highest BCUT2D eigenvalue weighted by atomic mass is 16.8. The molecule has 1 aliphatic rings. The number of carbonyl (C=O) groups is 5. The largest absolute Gasteiger partial charge is 0.463 e. The van der Waals surface area contributed by atoms with E-state index in [4.69, 9.17) is 33.2 Å². The Bertz CT molecular complexity index is 674. The quantitative estimate of drug-likeness (QED) is 0.363. The van der Waals surface area contributed by atoms with Gasteiger partial charge in [0.05, 0.1) is 0 Å². The van der Waals surface area contributed by atoms with Gasteiger partial charge in [-0.15, -0.1) is 0 Å². The Hall–Kier alpha value is -2.73. The van der Waals surface area contributed by atoms with E-state index in [1.54, 1.807) is 0 Å². The third-order valence-electron chi connectivity index (χ3n) is 3.94. The summed E-state index contributed by atoms with van der Waals surface area (Å²) in [5, 5.41) is 0. The van der Waals surface area contributed by atoms with Crippen molar-refractivity contribution in [3.8, 4) is 0 Å². The number of esters is 5. The summed E-state index contributed by atoms with van der Waals surface area (Å²) in [5.41, 5.74) is 0. The molecule has 0 N–H and O–H groups in total. The fraction of sp³-hybridized carbons (Fsp3) is 0.722. The Morgan fingerprint density at radius 1 is 0.733 bits per heavy atom. The minimum absolute atomic E-state index is 0.428. The van der Waals surface area contributed by atoms with Gasteiger partial charge < -0.3 is 33.2 Å². The minimum Gasteiger partial charge on any atom is -0.463 e. The summed E-state index contributed by atoms with van der Waals surface area (Å²) in [6.45, 7) is 4.56. The highest BCUT2D eigenvalue weighted by Gasteiger charge is 2.61. The Labute approximate surface area is 173 Å². The van der Waals surface area contributed by atoms with Gasteiger partial charge in [0, 0.05) is 41.7 Å². The molecule has 12 nitrogen and oxygen atoms in total. The fourth-order valence-corrected chi connectivity index (χ4v) is 2.89. The van der Waals surface area contributed by atoms with Crippen LogP contribution in [0.25, 0.3) is 0 Å². The molecule has 5 atom stereocenters. The normalized spacial score (nSPS) is 28.1. The van der Waals surface area contributed by atoms with E-state index in [0.29, 0.717) is 0 Å². The van der Waals surface area contributed by atoms with Crippen LogP contribution in [-0.4, -0.2) is 80.4 Å². The van der Waals surface area contributed by atoms with Crippen LogP contribution in [0.3, 0.4) is 0 Å². The second kappa shape index (κ2) is 10.9. The van der Waals surface area contributed by atoms with Crippen LogP contribution in [-0.2, 0) is 57.1 Å². The molecule has 0 saturated carbocycles. The number of hydrogen-bond acceptors (Lipinski definition) is 12. The number of rotatable bonds is 8. The van der Waals surface area contributed by atoms with Crippen LogP contribution >= 0.6 is 0 Å². The van der Waals surface area contributed by atoms with E-state index in [2.05, 4.69) is 0 Å². The molecular weight excluding hydrogens is 408 g/mol. The highest BCUT2D eigenvalue weighted by Crippen LogP contribution is 2.37. The first-order valence-corrected chi connectivity index (χ1v) is 8.93. The molecule has 0 unspecified atom stereocenters. The van der Waals surface area contributed by atoms with Crippen molar-refractivity contribution in [2.45, 2.75) is 64.8 Å². The van der Waals surface area contributed by atoms with E-state index in [1.165, 1.54) is 7.11 Å². The highest BCUT2D eigenvalue weighted by molar-refractivity contribution is 5.69. The standard InChI is InChI=1S/C18H26O12/c1-9(19)25-7-14-15(27-11(3)21)16(28-12(4)22)17(29-13(5)23)18(24-6,30-14)8-26-10(2)20/h14-17H,7-8H2,1-6H3/t14-,15+,16-,17-,18-/m0/s1. The topological polar surface area (TPSA) is 150 Å². The van der Waals surface area contributed by atoms with Gasteiger partial charge in [-0.25, -0.2) is 0 Å². The lowest BCUT2D eigenvalue weighted by Crippen LogP contribution is -2.70. The van der Waals surface area contributed by atoms with Crippen LogP contribution in [0.1, 0.15) is 34.6 Å². The van der Waals surface area contributed by atoms with Crippen molar-refractivity contribution in [1.29, 1.82) is 0 Å². The number of hydrogen-bond donors (Lipinski definition) is 0. The van der Waals surface area contributed by atoms with Gasteiger partial charge in [-0.3, -0.25) is 24.0 Å². The molecule has 1 rings (SSSR count). The van der Waals surface area contributed by atoms with E-state index in [-0.39, 0.29) is 0 Å². The Kier molecular flexibility index (Phi) is 9.18. The number of carbonyl (C=O) groups excluding carboxylic acids is 5. The lowest BCUT2D eigenvalue weighted by molar-refractivity contribution is -0.367. The van der Waals surface area contributed by atoms with Crippen molar-refractivity contribution in [1.82, 2.24) is 0 Å². The summed E-state index contributed by atoms with van der Waals surface area (Å²) in [6, 6.07) is 0. The molecule has 0 aromatic heterocycles. The van der Waals surface area contributed by atoms with Gasteiger partial charge in [-0.05, 0) is 0 Å². The van der Waals surface area contributed by atoms with Crippen molar-refractivity contribution >= 4 is 29.8 Å². The predicted octanol–water partition coefficient (Wildman–Crippen LogP) is -0.351. The van der Waals surface area contributed by atoms with Gasteiger partial charge >= 0.3 is 29.8 Å². The van der Waals surface area contributed by atoms with Crippen molar-refractivity contribution in [3.63, 3.8) is 0 Å². The maximum atomic E-state index is 11.8. The molecule has 0 aromatic carbocycles. The summed E-state index contributed by atoms with van der Waals surface area (Å²) < 4.78 is 37.0. The zero-order valence-electron chi connectivity index (χ0n) is 17.6. The van der Waals surface area contributed by atoms with Crippen molar-refractivity contribution in [2.24, 2.45) is 0 Å². The third kappa shape index (κ3) is 6.95. The second-order valence-corrected chi connectivity index (χ2v) is 6.43. The summed E-state index contributed by atoms with van der Waals surface area (Å²) in [6.07, 6.45) is -5.48. The lowest BCUT2D eigenvalue weighted by Gasteiger charge is -2.49. The molecule has 1 heterocycles. The maximum Gasteiger partial charge on any atom is 0.303 e. The fourth-order valence-electron chi connectivity index (χ4n) is 2.89. The summed E-state index contributed by atoms with van der Waals surface area (Å²) in [7, 11) is 1.18. The predicted molar refractivity (Wildman–Crippen MR) is 94.5 cm³/mol. The molecule has 1 aliphatic heterocycles. The van der Waals surface area contributed by atoms with Gasteiger partial charge in [-0.2, -0.15) is 0 Å². The number of ether oxygens (including phenoxy) is 7. The molecule has 170 valence electrons. The Morgan fingerprint density at radius 2 is 1.23 bits per heavy atom. The first-order chi connectivity index (χ1) is 13.9. The molecule has 30 heavy (non-hydrogen) atoms. The molecular formula is C18H26O12. The maximum absolute atomic E-state index is 11.8. The van der Waals surface area contributed by atoms with Gasteiger partial charge in [0.1, 0.15) is 19.3 Å². The van der Waals surface area contributed by atoms with Gasteiger partial charge in [-0.1, -0.05) is 0 Å². The van der Waals surface area contributed by atoms with Crippen LogP contribution < -0.4 is 0 Å². The molecule has 12 heteroatoms. The third-order valence-corrected chi connectivity index (χ3v) is 3.94. The van der Waals surface area contributed by atoms with Crippen LogP contribution in [0, 0.1) is 0 Å². The first kappa shape index (κ1) is 25.3. The average molecular weight is 434 g/mol. The van der Waals surface area contributed by atoms with Crippen molar-refractivity contribution < 1.29 is 57.1 Å². The van der Waals surface area contributed by atoms with E-state index in [9.17, 15) is 24.0 Å². The zero-order valence-corrected chi connectivity index (χ0v) is 17.6. The Morgan fingerprint density at radius 3 is 1.67 bits per heavy atom. The Balaban J connectivity index is 3.51. The molecule has 0 amide bonds. The smallest absolute Gasteiger partial charge is 0.303 e. The van der Waals surface area contributed by atoms with Crippen LogP contribution in [0.2, 0.25) is 0 Å². The molecule has 0 spiro atoms. The van der Waals surface area contributed by atoms with Gasteiger partial charge in [0.15, 0.2) is 18.3 Å².